The van der Waals surface area contributed by atoms with Crippen molar-refractivity contribution in [1.82, 2.24) is 14.9 Å². The highest BCUT2D eigenvalue weighted by Gasteiger charge is 2.19. The summed E-state index contributed by atoms with van der Waals surface area (Å²) in [7, 11) is 2.08. The van der Waals surface area contributed by atoms with E-state index in [0.29, 0.717) is 6.04 Å². The molecule has 2 aromatic heterocycles. The minimum absolute atomic E-state index is 0.465. The number of nitrogens with zero attached hydrogens (tertiary/aromatic N) is 2. The molecule has 0 aromatic carbocycles. The van der Waals surface area contributed by atoms with E-state index in [0.717, 1.165) is 19.4 Å². The molecule has 0 radical (unpaired) electrons. The Kier molecular flexibility index (Phi) is 5.03. The van der Waals surface area contributed by atoms with Gasteiger partial charge in [0.05, 0.1) is 0 Å². The molecule has 0 saturated carbocycles. The van der Waals surface area contributed by atoms with Crippen molar-refractivity contribution in [2.75, 3.05) is 12.3 Å². The fourth-order valence-electron chi connectivity index (χ4n) is 2.84. The minimum atomic E-state index is 0.465. The molecule has 2 aromatic rings. The van der Waals surface area contributed by atoms with Gasteiger partial charge in [-0.3, -0.25) is 0 Å². The molecule has 1 atom stereocenters. The molecule has 21 heavy (non-hydrogen) atoms. The normalized spacial score (nSPS) is 15.9. The Labute approximate surface area is 135 Å². The SMILES string of the molecule is CCNC(CCc1nccn1C)c1cc2c(s1)CCSC2. The highest BCUT2D eigenvalue weighted by atomic mass is 32.2. The molecule has 0 amide bonds. The highest BCUT2D eigenvalue weighted by molar-refractivity contribution is 7.98. The lowest BCUT2D eigenvalue weighted by Gasteiger charge is -2.16. The van der Waals surface area contributed by atoms with Gasteiger partial charge >= 0.3 is 0 Å². The summed E-state index contributed by atoms with van der Waals surface area (Å²) in [5.41, 5.74) is 1.58. The van der Waals surface area contributed by atoms with E-state index in [2.05, 4.69) is 46.7 Å². The number of thiophene rings is 1. The van der Waals surface area contributed by atoms with Gasteiger partial charge in [-0.1, -0.05) is 6.92 Å². The van der Waals surface area contributed by atoms with Gasteiger partial charge in [-0.05, 0) is 36.8 Å². The van der Waals surface area contributed by atoms with E-state index in [1.807, 2.05) is 23.7 Å². The van der Waals surface area contributed by atoms with Gasteiger partial charge in [0, 0.05) is 47.4 Å². The van der Waals surface area contributed by atoms with E-state index in [1.54, 1.807) is 10.4 Å². The van der Waals surface area contributed by atoms with E-state index in [-0.39, 0.29) is 0 Å². The second-order valence-corrected chi connectivity index (χ2v) is 7.78. The Hall–Kier alpha value is -0.780. The van der Waals surface area contributed by atoms with E-state index in [9.17, 15) is 0 Å². The molecular formula is C16H23N3S2. The summed E-state index contributed by atoms with van der Waals surface area (Å²) in [4.78, 5) is 7.57. The third-order valence-electron chi connectivity index (χ3n) is 4.02. The largest absolute Gasteiger partial charge is 0.338 e. The average Bonchev–Trinajstić information content (AvgIpc) is 3.09. The number of nitrogens with one attached hydrogen (secondary N) is 1. The Morgan fingerprint density at radius 1 is 1.48 bits per heavy atom. The van der Waals surface area contributed by atoms with Crippen molar-refractivity contribution in [3.63, 3.8) is 0 Å². The van der Waals surface area contributed by atoms with Crippen LogP contribution in [0.2, 0.25) is 0 Å². The summed E-state index contributed by atoms with van der Waals surface area (Å²) in [5.74, 6) is 3.66. The highest BCUT2D eigenvalue weighted by Crippen LogP contribution is 2.35. The number of rotatable bonds is 6. The maximum Gasteiger partial charge on any atom is 0.108 e. The lowest BCUT2D eigenvalue weighted by atomic mass is 10.1. The zero-order valence-corrected chi connectivity index (χ0v) is 14.4. The van der Waals surface area contributed by atoms with Crippen molar-refractivity contribution in [3.05, 3.63) is 39.6 Å². The van der Waals surface area contributed by atoms with Crippen molar-refractivity contribution >= 4 is 23.1 Å². The fourth-order valence-corrected chi connectivity index (χ4v) is 5.33. The van der Waals surface area contributed by atoms with Crippen LogP contribution in [-0.4, -0.2) is 21.8 Å². The first-order valence-electron chi connectivity index (χ1n) is 7.66. The van der Waals surface area contributed by atoms with Crippen LogP contribution in [0.4, 0.5) is 0 Å². The Bertz CT molecular complexity index is 565. The predicted octanol–water partition coefficient (Wildman–Crippen LogP) is 3.55. The summed E-state index contributed by atoms with van der Waals surface area (Å²) in [6.45, 7) is 3.21. The number of hydrogen-bond donors (Lipinski definition) is 1. The molecule has 3 nitrogen and oxygen atoms in total. The number of thioether (sulfide) groups is 1. The molecule has 5 heteroatoms. The summed E-state index contributed by atoms with van der Waals surface area (Å²) in [6, 6.07) is 2.91. The van der Waals surface area contributed by atoms with Crippen LogP contribution in [0.15, 0.2) is 18.5 Å². The van der Waals surface area contributed by atoms with Crippen molar-refractivity contribution < 1.29 is 0 Å². The zero-order valence-electron chi connectivity index (χ0n) is 12.8. The Morgan fingerprint density at radius 2 is 2.38 bits per heavy atom. The lowest BCUT2D eigenvalue weighted by molar-refractivity contribution is 0.512. The molecule has 1 aliphatic rings. The quantitative estimate of drug-likeness (QED) is 0.882. The van der Waals surface area contributed by atoms with E-state index < -0.39 is 0 Å². The number of aryl methyl sites for hydroxylation is 3. The van der Waals surface area contributed by atoms with Gasteiger partial charge in [-0.15, -0.1) is 11.3 Å². The van der Waals surface area contributed by atoms with E-state index in [1.165, 1.54) is 28.6 Å². The van der Waals surface area contributed by atoms with Gasteiger partial charge in [-0.2, -0.15) is 11.8 Å². The second kappa shape index (κ2) is 6.99. The molecule has 3 heterocycles. The molecule has 0 fully saturated rings. The van der Waals surface area contributed by atoms with Crippen molar-refractivity contribution in [3.8, 4) is 0 Å². The maximum absolute atomic E-state index is 4.44. The summed E-state index contributed by atoms with van der Waals surface area (Å²) in [5, 5.41) is 3.66. The fraction of sp³-hybridized carbons (Fsp3) is 0.562. The van der Waals surface area contributed by atoms with Gasteiger partial charge in [0.15, 0.2) is 0 Å². The van der Waals surface area contributed by atoms with Gasteiger partial charge < -0.3 is 9.88 Å². The predicted molar refractivity (Wildman–Crippen MR) is 92.1 cm³/mol. The topological polar surface area (TPSA) is 29.9 Å². The van der Waals surface area contributed by atoms with Crippen LogP contribution < -0.4 is 5.32 Å². The first-order valence-corrected chi connectivity index (χ1v) is 9.64. The molecule has 0 bridgehead atoms. The van der Waals surface area contributed by atoms with Gasteiger partial charge in [0.2, 0.25) is 0 Å². The molecule has 114 valence electrons. The monoisotopic (exact) mass is 321 g/mol. The van der Waals surface area contributed by atoms with Crippen molar-refractivity contribution in [2.24, 2.45) is 7.05 Å². The molecule has 3 rings (SSSR count). The zero-order chi connectivity index (χ0) is 14.7. The van der Waals surface area contributed by atoms with Gasteiger partial charge in [0.1, 0.15) is 5.82 Å². The molecule has 1 unspecified atom stereocenters. The molecule has 0 spiro atoms. The molecule has 1 N–H and O–H groups in total. The lowest BCUT2D eigenvalue weighted by Crippen LogP contribution is -2.21. The van der Waals surface area contributed by atoms with E-state index >= 15 is 0 Å². The number of imidazole rings is 1. The first-order chi connectivity index (χ1) is 10.3. The van der Waals surface area contributed by atoms with Crippen molar-refractivity contribution in [1.29, 1.82) is 0 Å². The number of hydrogen-bond acceptors (Lipinski definition) is 4. The van der Waals surface area contributed by atoms with Crippen LogP contribution in [0.1, 0.15) is 40.5 Å². The number of aromatic nitrogens is 2. The third kappa shape index (κ3) is 3.52. The van der Waals surface area contributed by atoms with Crippen LogP contribution >= 0.6 is 23.1 Å². The van der Waals surface area contributed by atoms with Crippen LogP contribution in [0.5, 0.6) is 0 Å². The van der Waals surface area contributed by atoms with Crippen LogP contribution in [-0.2, 0) is 25.6 Å². The molecular weight excluding hydrogens is 298 g/mol. The average molecular weight is 322 g/mol. The second-order valence-electron chi connectivity index (χ2n) is 5.50. The summed E-state index contributed by atoms with van der Waals surface area (Å²) in [6.07, 6.45) is 7.31. The standard InChI is InChI=1S/C16H23N3S2/c1-3-17-13(4-5-16-18-7-8-19(16)2)15-10-12-11-20-9-6-14(12)21-15/h7-8,10,13,17H,3-6,9,11H2,1-2H3. The van der Waals surface area contributed by atoms with Gasteiger partial charge in [0.25, 0.3) is 0 Å². The van der Waals surface area contributed by atoms with Crippen molar-refractivity contribution in [2.45, 2.75) is 38.0 Å². The molecule has 0 saturated heterocycles. The molecule has 1 aliphatic heterocycles. The minimum Gasteiger partial charge on any atom is -0.338 e. The first kappa shape index (κ1) is 15.1. The Morgan fingerprint density at radius 3 is 3.10 bits per heavy atom. The smallest absolute Gasteiger partial charge is 0.108 e. The van der Waals surface area contributed by atoms with Crippen LogP contribution in [0, 0.1) is 0 Å². The maximum atomic E-state index is 4.44. The van der Waals surface area contributed by atoms with Gasteiger partial charge in [-0.25, -0.2) is 4.98 Å². The van der Waals surface area contributed by atoms with Crippen LogP contribution in [0.25, 0.3) is 0 Å². The van der Waals surface area contributed by atoms with E-state index in [4.69, 9.17) is 0 Å². The number of fused-ring (bicyclic) bond motifs is 1. The van der Waals surface area contributed by atoms with Crippen LogP contribution in [0.3, 0.4) is 0 Å². The third-order valence-corrected chi connectivity index (χ3v) is 6.38. The summed E-state index contributed by atoms with van der Waals surface area (Å²) >= 11 is 4.08. The summed E-state index contributed by atoms with van der Waals surface area (Å²) < 4.78 is 2.12. The Balaban J connectivity index is 1.71. The molecule has 0 aliphatic carbocycles.